The maximum atomic E-state index is 6.43. The van der Waals surface area contributed by atoms with Crippen molar-refractivity contribution in [3.8, 4) is 0 Å². The highest BCUT2D eigenvalue weighted by Crippen LogP contribution is 2.35. The van der Waals surface area contributed by atoms with E-state index in [0.29, 0.717) is 17.9 Å². The lowest BCUT2D eigenvalue weighted by Crippen LogP contribution is -2.24. The second kappa shape index (κ2) is 17.1. The fraction of sp³-hybridized carbons (Fsp3) is 0.632. The van der Waals surface area contributed by atoms with Crippen LogP contribution in [0.3, 0.4) is 0 Å². The Bertz CT molecular complexity index is 932. The van der Waals surface area contributed by atoms with Crippen molar-refractivity contribution in [3.05, 3.63) is 82.9 Å². The summed E-state index contributed by atoms with van der Waals surface area (Å²) in [5.74, 6) is 2.18. The maximum Gasteiger partial charge on any atom is 0.0575 e. The molecule has 0 radical (unpaired) electrons. The summed E-state index contributed by atoms with van der Waals surface area (Å²) in [6.45, 7) is 5.51. The third-order valence-electron chi connectivity index (χ3n) is 9.46. The van der Waals surface area contributed by atoms with Crippen molar-refractivity contribution in [2.45, 2.75) is 135 Å². The highest BCUT2D eigenvalue weighted by molar-refractivity contribution is 5.28. The molecule has 1 nitrogen and oxygen atoms in total. The Morgan fingerprint density at radius 3 is 1.74 bits per heavy atom. The van der Waals surface area contributed by atoms with Gasteiger partial charge in [0.15, 0.2) is 0 Å². The zero-order valence-electron chi connectivity index (χ0n) is 25.2. The van der Waals surface area contributed by atoms with Gasteiger partial charge in [0.05, 0.1) is 12.7 Å². The average molecular weight is 529 g/mol. The third-order valence-corrected chi connectivity index (χ3v) is 9.46. The Labute approximate surface area is 240 Å². The highest BCUT2D eigenvalue weighted by atomic mass is 16.5. The zero-order chi connectivity index (χ0) is 27.1. The monoisotopic (exact) mass is 528 g/mol. The topological polar surface area (TPSA) is 9.23 Å². The molecule has 0 aromatic heterocycles. The first-order valence-corrected chi connectivity index (χ1v) is 16.7. The van der Waals surface area contributed by atoms with Crippen LogP contribution in [0.4, 0.5) is 0 Å². The van der Waals surface area contributed by atoms with Crippen molar-refractivity contribution < 1.29 is 4.74 Å². The second-order valence-electron chi connectivity index (χ2n) is 12.7. The lowest BCUT2D eigenvalue weighted by Gasteiger charge is -2.30. The molecule has 0 N–H and O–H groups in total. The number of hydrogen-bond donors (Lipinski definition) is 0. The molecule has 4 rings (SSSR count). The average Bonchev–Trinajstić information content (AvgIpc) is 2.99. The van der Waals surface area contributed by atoms with Gasteiger partial charge in [-0.25, -0.2) is 0 Å². The molecule has 2 aromatic carbocycles. The van der Waals surface area contributed by atoms with E-state index in [1.807, 2.05) is 0 Å². The minimum Gasteiger partial charge on any atom is -0.378 e. The highest BCUT2D eigenvalue weighted by Gasteiger charge is 2.24. The first-order chi connectivity index (χ1) is 19.2. The van der Waals surface area contributed by atoms with Crippen LogP contribution in [0.1, 0.15) is 132 Å². The summed E-state index contributed by atoms with van der Waals surface area (Å²) in [5, 5.41) is 0. The van der Waals surface area contributed by atoms with Crippen molar-refractivity contribution in [2.75, 3.05) is 6.61 Å². The van der Waals surface area contributed by atoms with Gasteiger partial charge in [-0.15, -0.1) is 0 Å². The number of rotatable bonds is 16. The Kier molecular flexibility index (Phi) is 13.2. The number of benzene rings is 2. The Morgan fingerprint density at radius 1 is 0.564 bits per heavy atom. The molecule has 2 aliphatic carbocycles. The van der Waals surface area contributed by atoms with Gasteiger partial charge in [0, 0.05) is 5.92 Å². The van der Waals surface area contributed by atoms with Gasteiger partial charge in [-0.3, -0.25) is 0 Å². The summed E-state index contributed by atoms with van der Waals surface area (Å²) in [4.78, 5) is 0. The van der Waals surface area contributed by atoms with Gasteiger partial charge in [0.25, 0.3) is 0 Å². The third kappa shape index (κ3) is 10.6. The molecule has 2 unspecified atom stereocenters. The van der Waals surface area contributed by atoms with E-state index < -0.39 is 0 Å². The largest absolute Gasteiger partial charge is 0.378 e. The van der Waals surface area contributed by atoms with Crippen molar-refractivity contribution >= 4 is 0 Å². The molecular formula is C38H56O. The fourth-order valence-corrected chi connectivity index (χ4v) is 6.67. The van der Waals surface area contributed by atoms with E-state index in [9.17, 15) is 0 Å². The van der Waals surface area contributed by atoms with Crippen LogP contribution in [0.5, 0.6) is 0 Å². The van der Waals surface area contributed by atoms with Crippen molar-refractivity contribution in [1.82, 2.24) is 0 Å². The molecule has 1 heteroatoms. The molecule has 0 heterocycles. The van der Waals surface area contributed by atoms with E-state index in [1.54, 1.807) is 0 Å². The number of ether oxygens (including phenoxy) is 1. The SMILES string of the molecule is CCCCCCC1C=CC(COC2CCC(c3ccc(CCc4ccc(CCCCC)cc4)cc3)CC2)CC1. The minimum atomic E-state index is 0.471. The van der Waals surface area contributed by atoms with E-state index in [0.717, 1.165) is 25.4 Å². The lowest BCUT2D eigenvalue weighted by molar-refractivity contribution is 0.00923. The van der Waals surface area contributed by atoms with Crippen LogP contribution in [-0.4, -0.2) is 12.7 Å². The Morgan fingerprint density at radius 2 is 1.13 bits per heavy atom. The number of aryl methyl sites for hydroxylation is 3. The van der Waals surface area contributed by atoms with E-state index in [2.05, 4.69) is 74.5 Å². The summed E-state index contributed by atoms with van der Waals surface area (Å²) in [6.07, 6.45) is 27.5. The summed E-state index contributed by atoms with van der Waals surface area (Å²) in [5.41, 5.74) is 5.95. The molecule has 0 spiro atoms. The van der Waals surface area contributed by atoms with Crippen molar-refractivity contribution in [3.63, 3.8) is 0 Å². The first kappa shape index (κ1) is 30.1. The summed E-state index contributed by atoms with van der Waals surface area (Å²) < 4.78 is 6.43. The van der Waals surface area contributed by atoms with E-state index in [4.69, 9.17) is 4.74 Å². The number of allylic oxidation sites excluding steroid dienone is 1. The van der Waals surface area contributed by atoms with Crippen LogP contribution in [-0.2, 0) is 24.0 Å². The molecule has 0 saturated heterocycles. The number of hydrogen-bond acceptors (Lipinski definition) is 1. The quantitative estimate of drug-likeness (QED) is 0.155. The molecule has 2 aliphatic rings. The molecule has 0 aliphatic heterocycles. The van der Waals surface area contributed by atoms with Crippen LogP contribution in [0.15, 0.2) is 60.7 Å². The van der Waals surface area contributed by atoms with Gasteiger partial charge in [-0.05, 0) is 105 Å². The predicted octanol–water partition coefficient (Wildman–Crippen LogP) is 10.8. The van der Waals surface area contributed by atoms with Gasteiger partial charge >= 0.3 is 0 Å². The van der Waals surface area contributed by atoms with Crippen LogP contribution < -0.4 is 0 Å². The second-order valence-corrected chi connectivity index (χ2v) is 12.7. The maximum absolute atomic E-state index is 6.43. The fourth-order valence-electron chi connectivity index (χ4n) is 6.67. The predicted molar refractivity (Wildman–Crippen MR) is 169 cm³/mol. The molecule has 1 fully saturated rings. The van der Waals surface area contributed by atoms with Crippen LogP contribution in [0, 0.1) is 11.8 Å². The van der Waals surface area contributed by atoms with Gasteiger partial charge in [-0.1, -0.05) is 113 Å². The van der Waals surface area contributed by atoms with Gasteiger partial charge in [0.1, 0.15) is 0 Å². The molecule has 2 aromatic rings. The van der Waals surface area contributed by atoms with Gasteiger partial charge < -0.3 is 4.74 Å². The van der Waals surface area contributed by atoms with Crippen LogP contribution >= 0.6 is 0 Å². The van der Waals surface area contributed by atoms with E-state index in [-0.39, 0.29) is 0 Å². The molecule has 0 amide bonds. The summed E-state index contributed by atoms with van der Waals surface area (Å²) in [7, 11) is 0. The summed E-state index contributed by atoms with van der Waals surface area (Å²) in [6, 6.07) is 18.9. The smallest absolute Gasteiger partial charge is 0.0575 e. The van der Waals surface area contributed by atoms with Gasteiger partial charge in [0.2, 0.25) is 0 Å². The van der Waals surface area contributed by atoms with Gasteiger partial charge in [-0.2, -0.15) is 0 Å². The Hall–Kier alpha value is -1.86. The Balaban J connectivity index is 1.11. The minimum absolute atomic E-state index is 0.471. The molecule has 39 heavy (non-hydrogen) atoms. The normalized spacial score (nSPS) is 23.2. The van der Waals surface area contributed by atoms with Crippen molar-refractivity contribution in [1.29, 1.82) is 0 Å². The molecule has 214 valence electrons. The standard InChI is InChI=1S/C38H56O/c1-3-5-7-9-11-32-18-20-35(21-19-32)30-39-38-28-26-37(27-29-38)36-24-22-34(23-25-36)17-16-33-14-12-31(13-15-33)10-8-6-4-2/h12-15,18,20,22-25,32,35,37-38H,3-11,16-17,19,21,26-30H2,1-2H3. The molecule has 0 bridgehead atoms. The first-order valence-electron chi connectivity index (χ1n) is 16.7. The lowest BCUT2D eigenvalue weighted by atomic mass is 9.82. The van der Waals surface area contributed by atoms with Crippen LogP contribution in [0.25, 0.3) is 0 Å². The number of unbranched alkanes of at least 4 members (excludes halogenated alkanes) is 5. The molecule has 1 saturated carbocycles. The summed E-state index contributed by atoms with van der Waals surface area (Å²) >= 11 is 0. The van der Waals surface area contributed by atoms with E-state index >= 15 is 0 Å². The zero-order valence-corrected chi connectivity index (χ0v) is 25.2. The van der Waals surface area contributed by atoms with Crippen molar-refractivity contribution in [2.24, 2.45) is 11.8 Å². The van der Waals surface area contributed by atoms with Crippen LogP contribution in [0.2, 0.25) is 0 Å². The molecule has 2 atom stereocenters. The van der Waals surface area contributed by atoms with E-state index in [1.165, 1.54) is 119 Å². The molecular weight excluding hydrogens is 472 g/mol.